The number of aliphatic imine (C=N–C) groups is 1. The summed E-state index contributed by atoms with van der Waals surface area (Å²) in [7, 11) is 1.71. The summed E-state index contributed by atoms with van der Waals surface area (Å²) < 4.78 is 5.04. The van der Waals surface area contributed by atoms with Crippen molar-refractivity contribution >= 4 is 35.6 Å². The van der Waals surface area contributed by atoms with Gasteiger partial charge in [-0.1, -0.05) is 42.5 Å². The summed E-state index contributed by atoms with van der Waals surface area (Å²) in [6.07, 6.45) is 0. The average molecular weight is 482 g/mol. The summed E-state index contributed by atoms with van der Waals surface area (Å²) in [6, 6.07) is 18.9. The summed E-state index contributed by atoms with van der Waals surface area (Å²) in [5.41, 5.74) is 3.51. The molecule has 6 heteroatoms. The van der Waals surface area contributed by atoms with Gasteiger partial charge in [-0.25, -0.2) is 4.99 Å². The van der Waals surface area contributed by atoms with Crippen molar-refractivity contribution in [1.29, 1.82) is 0 Å². The molecule has 27 heavy (non-hydrogen) atoms. The molecule has 0 fully saturated rings. The van der Waals surface area contributed by atoms with Gasteiger partial charge in [-0.3, -0.25) is 0 Å². The molecule has 1 atom stereocenters. The number of ether oxygens (including phenoxy) is 1. The van der Waals surface area contributed by atoms with Gasteiger partial charge in [-0.05, 0) is 37.1 Å². The van der Waals surface area contributed by atoms with Crippen LogP contribution in [-0.2, 0) is 11.3 Å². The van der Waals surface area contributed by atoms with Gasteiger partial charge < -0.3 is 20.7 Å². The third-order valence-electron chi connectivity index (χ3n) is 4.01. The maximum absolute atomic E-state index is 5.04. The molecule has 2 aromatic rings. The normalized spacial score (nSPS) is 12.0. The predicted octanol–water partition coefficient (Wildman–Crippen LogP) is 4.18. The van der Waals surface area contributed by atoms with Gasteiger partial charge in [0.1, 0.15) is 0 Å². The van der Waals surface area contributed by atoms with Gasteiger partial charge in [0.05, 0.1) is 19.2 Å². The Morgan fingerprint density at radius 2 is 1.78 bits per heavy atom. The van der Waals surface area contributed by atoms with Crippen molar-refractivity contribution in [2.45, 2.75) is 26.4 Å². The van der Waals surface area contributed by atoms with Crippen LogP contribution in [0.5, 0.6) is 0 Å². The summed E-state index contributed by atoms with van der Waals surface area (Å²) in [4.78, 5) is 4.71. The average Bonchev–Trinajstić information content (AvgIpc) is 2.68. The molecule has 0 bridgehead atoms. The van der Waals surface area contributed by atoms with Crippen LogP contribution in [0.1, 0.15) is 31.0 Å². The van der Waals surface area contributed by atoms with Crippen LogP contribution in [0.4, 0.5) is 5.69 Å². The first-order valence-electron chi connectivity index (χ1n) is 9.14. The highest BCUT2D eigenvalue weighted by molar-refractivity contribution is 14.0. The molecule has 2 aromatic carbocycles. The fourth-order valence-electron chi connectivity index (χ4n) is 2.55. The number of nitrogens with one attached hydrogen (secondary N) is 3. The standard InChI is InChI=1S/C21H30N4O.HI/c1-4-22-21(25-17(2)19-8-6-5-7-9-19)24-16-18-10-12-20(13-11-18)23-14-15-26-3;/h5-13,17,23H,4,14-16H2,1-3H3,(H2,22,24,25);1H. The minimum Gasteiger partial charge on any atom is -0.383 e. The molecular formula is C21H31IN4O. The molecule has 0 amide bonds. The maximum atomic E-state index is 5.04. The molecule has 0 aliphatic carbocycles. The van der Waals surface area contributed by atoms with Crippen molar-refractivity contribution in [3.63, 3.8) is 0 Å². The van der Waals surface area contributed by atoms with Crippen molar-refractivity contribution in [3.8, 4) is 0 Å². The van der Waals surface area contributed by atoms with E-state index in [0.29, 0.717) is 13.2 Å². The Kier molecular flexibility index (Phi) is 11.5. The summed E-state index contributed by atoms with van der Waals surface area (Å²) in [6.45, 7) is 7.18. The third kappa shape index (κ3) is 8.62. The molecule has 1 unspecified atom stereocenters. The quantitative estimate of drug-likeness (QED) is 0.217. The molecule has 0 aliphatic heterocycles. The van der Waals surface area contributed by atoms with Crippen LogP contribution in [0, 0.1) is 0 Å². The number of hydrogen-bond acceptors (Lipinski definition) is 3. The van der Waals surface area contributed by atoms with Crippen LogP contribution in [0.2, 0.25) is 0 Å². The minimum absolute atomic E-state index is 0. The van der Waals surface area contributed by atoms with Crippen molar-refractivity contribution < 1.29 is 4.74 Å². The largest absolute Gasteiger partial charge is 0.383 e. The van der Waals surface area contributed by atoms with Crippen molar-refractivity contribution in [3.05, 3.63) is 65.7 Å². The zero-order chi connectivity index (χ0) is 18.6. The second kappa shape index (κ2) is 13.4. The molecule has 0 spiro atoms. The lowest BCUT2D eigenvalue weighted by atomic mass is 10.1. The molecule has 2 rings (SSSR count). The van der Waals surface area contributed by atoms with E-state index < -0.39 is 0 Å². The molecule has 0 aromatic heterocycles. The second-order valence-electron chi connectivity index (χ2n) is 6.09. The number of benzene rings is 2. The van der Waals surface area contributed by atoms with E-state index in [2.05, 4.69) is 78.3 Å². The second-order valence-corrected chi connectivity index (χ2v) is 6.09. The Balaban J connectivity index is 0.00000364. The van der Waals surface area contributed by atoms with Gasteiger partial charge in [0.15, 0.2) is 5.96 Å². The molecule has 5 nitrogen and oxygen atoms in total. The monoisotopic (exact) mass is 482 g/mol. The molecule has 148 valence electrons. The maximum Gasteiger partial charge on any atom is 0.192 e. The fraction of sp³-hybridized carbons (Fsp3) is 0.381. The van der Waals surface area contributed by atoms with Crippen molar-refractivity contribution in [1.82, 2.24) is 10.6 Å². The number of halogens is 1. The lowest BCUT2D eigenvalue weighted by molar-refractivity contribution is 0.211. The zero-order valence-corrected chi connectivity index (χ0v) is 18.7. The Morgan fingerprint density at radius 1 is 1.07 bits per heavy atom. The van der Waals surface area contributed by atoms with E-state index in [1.807, 2.05) is 6.07 Å². The van der Waals surface area contributed by atoms with Gasteiger partial charge >= 0.3 is 0 Å². The van der Waals surface area contributed by atoms with E-state index in [9.17, 15) is 0 Å². The molecule has 3 N–H and O–H groups in total. The summed E-state index contributed by atoms with van der Waals surface area (Å²) in [5, 5.41) is 10.1. The van der Waals surface area contributed by atoms with Crippen LogP contribution < -0.4 is 16.0 Å². The van der Waals surface area contributed by atoms with E-state index >= 15 is 0 Å². The molecule has 0 saturated carbocycles. The number of methoxy groups -OCH3 is 1. The van der Waals surface area contributed by atoms with Crippen LogP contribution >= 0.6 is 24.0 Å². The van der Waals surface area contributed by atoms with Crippen LogP contribution in [0.25, 0.3) is 0 Å². The highest BCUT2D eigenvalue weighted by Crippen LogP contribution is 2.12. The number of hydrogen-bond donors (Lipinski definition) is 3. The van der Waals surface area contributed by atoms with Gasteiger partial charge in [0, 0.05) is 25.9 Å². The molecular weight excluding hydrogens is 451 g/mol. The van der Waals surface area contributed by atoms with E-state index in [4.69, 9.17) is 9.73 Å². The fourth-order valence-corrected chi connectivity index (χ4v) is 2.55. The molecule has 0 saturated heterocycles. The van der Waals surface area contributed by atoms with E-state index in [-0.39, 0.29) is 30.0 Å². The van der Waals surface area contributed by atoms with Gasteiger partial charge in [-0.15, -0.1) is 24.0 Å². The van der Waals surface area contributed by atoms with Gasteiger partial charge in [-0.2, -0.15) is 0 Å². The first-order chi connectivity index (χ1) is 12.7. The van der Waals surface area contributed by atoms with Crippen LogP contribution in [0.3, 0.4) is 0 Å². The Labute approximate surface area is 180 Å². The summed E-state index contributed by atoms with van der Waals surface area (Å²) >= 11 is 0. The van der Waals surface area contributed by atoms with Crippen molar-refractivity contribution in [2.24, 2.45) is 4.99 Å². The Morgan fingerprint density at radius 3 is 2.41 bits per heavy atom. The predicted molar refractivity (Wildman–Crippen MR) is 125 cm³/mol. The van der Waals surface area contributed by atoms with Gasteiger partial charge in [0.2, 0.25) is 0 Å². The number of nitrogens with zero attached hydrogens (tertiary/aromatic N) is 1. The van der Waals surface area contributed by atoms with Gasteiger partial charge in [0.25, 0.3) is 0 Å². The third-order valence-corrected chi connectivity index (χ3v) is 4.01. The first kappa shape index (κ1) is 23.2. The van der Waals surface area contributed by atoms with Crippen LogP contribution in [0.15, 0.2) is 59.6 Å². The molecule has 0 radical (unpaired) electrons. The molecule has 0 heterocycles. The highest BCUT2D eigenvalue weighted by atomic mass is 127. The topological polar surface area (TPSA) is 57.7 Å². The van der Waals surface area contributed by atoms with Crippen LogP contribution in [-0.4, -0.2) is 32.8 Å². The molecule has 0 aliphatic rings. The number of rotatable bonds is 9. The summed E-state index contributed by atoms with van der Waals surface area (Å²) in [5.74, 6) is 0.825. The number of guanidine groups is 1. The minimum atomic E-state index is 0. The highest BCUT2D eigenvalue weighted by Gasteiger charge is 2.07. The Hall–Kier alpha value is -1.80. The smallest absolute Gasteiger partial charge is 0.192 e. The Bertz CT molecular complexity index is 662. The SMILES string of the molecule is CCNC(=NCc1ccc(NCCOC)cc1)NC(C)c1ccccc1.I. The lowest BCUT2D eigenvalue weighted by Gasteiger charge is -2.18. The van der Waals surface area contributed by atoms with Crippen molar-refractivity contribution in [2.75, 3.05) is 32.1 Å². The zero-order valence-electron chi connectivity index (χ0n) is 16.4. The first-order valence-corrected chi connectivity index (χ1v) is 9.14. The van der Waals surface area contributed by atoms with E-state index in [0.717, 1.165) is 24.7 Å². The van der Waals surface area contributed by atoms with E-state index in [1.54, 1.807) is 7.11 Å². The van der Waals surface area contributed by atoms with E-state index in [1.165, 1.54) is 11.1 Å². The number of anilines is 1. The lowest BCUT2D eigenvalue weighted by Crippen LogP contribution is -2.38.